The molecule has 0 radical (unpaired) electrons. The van der Waals surface area contributed by atoms with E-state index in [1.165, 1.54) is 17.7 Å². The molecule has 0 aliphatic heterocycles. The molecule has 29 heavy (non-hydrogen) atoms. The van der Waals surface area contributed by atoms with Crippen molar-refractivity contribution in [2.45, 2.75) is 19.4 Å². The van der Waals surface area contributed by atoms with Crippen molar-refractivity contribution in [2.75, 3.05) is 20.1 Å². The van der Waals surface area contributed by atoms with Gasteiger partial charge in [-0.05, 0) is 29.7 Å². The number of nitrogens with zero attached hydrogens (tertiary/aromatic N) is 3. The van der Waals surface area contributed by atoms with Crippen molar-refractivity contribution in [3.05, 3.63) is 89.8 Å². The van der Waals surface area contributed by atoms with Crippen LogP contribution < -0.4 is 10.6 Å². The second-order valence-corrected chi connectivity index (χ2v) is 6.51. The lowest BCUT2D eigenvalue weighted by Crippen LogP contribution is -2.39. The molecule has 0 fully saturated rings. The summed E-state index contributed by atoms with van der Waals surface area (Å²) >= 11 is 0. The molecule has 0 aliphatic rings. The maximum Gasteiger partial charge on any atom is 0.191 e. The van der Waals surface area contributed by atoms with Crippen LogP contribution in [0.3, 0.4) is 0 Å². The Morgan fingerprint density at radius 2 is 1.66 bits per heavy atom. The predicted octanol–water partition coefficient (Wildman–Crippen LogP) is 3.64. The van der Waals surface area contributed by atoms with E-state index in [1.54, 1.807) is 19.2 Å². The minimum atomic E-state index is -0.209. The summed E-state index contributed by atoms with van der Waals surface area (Å²) in [6.07, 6.45) is 5.47. The van der Waals surface area contributed by atoms with E-state index in [-0.39, 0.29) is 29.8 Å². The maximum absolute atomic E-state index is 12.9. The van der Waals surface area contributed by atoms with E-state index in [4.69, 9.17) is 0 Å². The van der Waals surface area contributed by atoms with E-state index >= 15 is 0 Å². The Morgan fingerprint density at radius 1 is 0.966 bits per heavy atom. The van der Waals surface area contributed by atoms with Gasteiger partial charge in [-0.25, -0.2) is 9.37 Å². The third kappa shape index (κ3) is 7.49. The Morgan fingerprint density at radius 3 is 2.34 bits per heavy atom. The van der Waals surface area contributed by atoms with Gasteiger partial charge in [-0.2, -0.15) is 0 Å². The van der Waals surface area contributed by atoms with Crippen LogP contribution in [0.15, 0.2) is 72.0 Å². The molecule has 0 unspecified atom stereocenters. The number of hydrogen-bond donors (Lipinski definition) is 2. The van der Waals surface area contributed by atoms with Crippen LogP contribution in [0.25, 0.3) is 0 Å². The summed E-state index contributed by atoms with van der Waals surface area (Å²) in [6, 6.07) is 16.9. The van der Waals surface area contributed by atoms with E-state index in [0.717, 1.165) is 49.8 Å². The van der Waals surface area contributed by atoms with Gasteiger partial charge in [0.05, 0.1) is 0 Å². The normalized spacial score (nSPS) is 11.0. The van der Waals surface area contributed by atoms with Crippen LogP contribution in [-0.2, 0) is 19.4 Å². The maximum atomic E-state index is 12.9. The second-order valence-electron chi connectivity index (χ2n) is 6.51. The van der Waals surface area contributed by atoms with Crippen molar-refractivity contribution in [1.29, 1.82) is 0 Å². The Bertz CT molecular complexity index is 878. The average molecular weight is 507 g/mol. The third-order valence-electron chi connectivity index (χ3n) is 4.48. The molecule has 0 saturated carbocycles. The van der Waals surface area contributed by atoms with Gasteiger partial charge in [0.25, 0.3) is 0 Å². The summed E-state index contributed by atoms with van der Waals surface area (Å²) in [5.41, 5.74) is 2.35. The van der Waals surface area contributed by atoms with Crippen LogP contribution in [0, 0.1) is 5.82 Å². The molecule has 0 spiro atoms. The Balaban J connectivity index is 0.00000300. The molecule has 3 rings (SSSR count). The number of hydrogen-bond acceptors (Lipinski definition) is 2. The van der Waals surface area contributed by atoms with E-state index < -0.39 is 0 Å². The largest absolute Gasteiger partial charge is 0.356 e. The fourth-order valence-corrected chi connectivity index (χ4v) is 2.98. The van der Waals surface area contributed by atoms with Gasteiger partial charge in [-0.3, -0.25) is 4.99 Å². The zero-order valence-corrected chi connectivity index (χ0v) is 18.8. The highest BCUT2D eigenvalue weighted by Crippen LogP contribution is 2.06. The van der Waals surface area contributed by atoms with Gasteiger partial charge in [-0.15, -0.1) is 24.0 Å². The summed E-state index contributed by atoms with van der Waals surface area (Å²) in [5.74, 6) is 1.58. The Labute approximate surface area is 188 Å². The lowest BCUT2D eigenvalue weighted by Gasteiger charge is -2.13. The Hall–Kier alpha value is -2.42. The van der Waals surface area contributed by atoms with Gasteiger partial charge >= 0.3 is 0 Å². The molecule has 0 amide bonds. The summed E-state index contributed by atoms with van der Waals surface area (Å²) < 4.78 is 15.1. The molecule has 0 atom stereocenters. The highest BCUT2D eigenvalue weighted by molar-refractivity contribution is 14.0. The number of halogens is 2. The third-order valence-corrected chi connectivity index (χ3v) is 4.48. The molecule has 0 aliphatic carbocycles. The quantitative estimate of drug-likeness (QED) is 0.278. The van der Waals surface area contributed by atoms with Crippen LogP contribution in [0.2, 0.25) is 0 Å². The van der Waals surface area contributed by atoms with E-state index in [2.05, 4.69) is 49.4 Å². The first-order valence-electron chi connectivity index (χ1n) is 9.47. The first-order valence-corrected chi connectivity index (χ1v) is 9.47. The first-order chi connectivity index (χ1) is 13.7. The highest BCUT2D eigenvalue weighted by atomic mass is 127. The molecule has 1 aromatic heterocycles. The topological polar surface area (TPSA) is 54.2 Å². The van der Waals surface area contributed by atoms with Crippen molar-refractivity contribution in [3.8, 4) is 0 Å². The molecular formula is C22H27FIN5. The summed E-state index contributed by atoms with van der Waals surface area (Å²) in [5, 5.41) is 6.60. The molecule has 0 saturated heterocycles. The molecular weight excluding hydrogens is 480 g/mol. The fraction of sp³-hybridized carbons (Fsp3) is 0.273. The number of benzene rings is 2. The number of rotatable bonds is 8. The smallest absolute Gasteiger partial charge is 0.191 e. The van der Waals surface area contributed by atoms with E-state index in [9.17, 15) is 4.39 Å². The lowest BCUT2D eigenvalue weighted by molar-refractivity contribution is 0.626. The summed E-state index contributed by atoms with van der Waals surface area (Å²) in [4.78, 5) is 8.73. The van der Waals surface area contributed by atoms with Crippen molar-refractivity contribution >= 4 is 29.9 Å². The van der Waals surface area contributed by atoms with Gasteiger partial charge in [0.15, 0.2) is 5.96 Å². The number of aromatic nitrogens is 2. The standard InChI is InChI=1S/C22H26FN5.HI/c1-24-22(26-13-11-18-7-9-20(23)10-8-18)27-14-12-21-25-15-16-28(21)17-19-5-3-2-4-6-19;/h2-10,15-16H,11-14,17H2,1H3,(H2,24,26,27);1H. The summed E-state index contributed by atoms with van der Waals surface area (Å²) in [6.45, 7) is 2.29. The molecule has 1 heterocycles. The van der Waals surface area contributed by atoms with Crippen molar-refractivity contribution in [2.24, 2.45) is 4.99 Å². The minimum Gasteiger partial charge on any atom is -0.356 e. The predicted molar refractivity (Wildman–Crippen MR) is 126 cm³/mol. The lowest BCUT2D eigenvalue weighted by atomic mass is 10.1. The van der Waals surface area contributed by atoms with Crippen molar-refractivity contribution in [3.63, 3.8) is 0 Å². The zero-order chi connectivity index (χ0) is 19.6. The van der Waals surface area contributed by atoms with Crippen LogP contribution in [0.1, 0.15) is 17.0 Å². The SMILES string of the molecule is CN=C(NCCc1ccc(F)cc1)NCCc1nccn1Cc1ccccc1.I. The molecule has 2 aromatic carbocycles. The molecule has 7 heteroatoms. The first kappa shape index (κ1) is 22.9. The Kier molecular flexibility index (Phi) is 9.63. The monoisotopic (exact) mass is 507 g/mol. The average Bonchev–Trinajstić information content (AvgIpc) is 3.16. The van der Waals surface area contributed by atoms with Crippen LogP contribution >= 0.6 is 24.0 Å². The van der Waals surface area contributed by atoms with Crippen LogP contribution in [-0.4, -0.2) is 35.6 Å². The van der Waals surface area contributed by atoms with Crippen molar-refractivity contribution in [1.82, 2.24) is 20.2 Å². The fourth-order valence-electron chi connectivity index (χ4n) is 2.98. The van der Waals surface area contributed by atoms with Crippen LogP contribution in [0.5, 0.6) is 0 Å². The van der Waals surface area contributed by atoms with Gasteiger partial charge in [0.1, 0.15) is 11.6 Å². The molecule has 0 bridgehead atoms. The highest BCUT2D eigenvalue weighted by Gasteiger charge is 2.05. The molecule has 5 nitrogen and oxygen atoms in total. The van der Waals surface area contributed by atoms with Crippen LogP contribution in [0.4, 0.5) is 4.39 Å². The minimum absolute atomic E-state index is 0. The molecule has 2 N–H and O–H groups in total. The number of aliphatic imine (C=N–C) groups is 1. The number of guanidine groups is 1. The zero-order valence-electron chi connectivity index (χ0n) is 16.5. The molecule has 154 valence electrons. The van der Waals surface area contributed by atoms with E-state index in [1.807, 2.05) is 18.5 Å². The van der Waals surface area contributed by atoms with Crippen molar-refractivity contribution < 1.29 is 4.39 Å². The van der Waals surface area contributed by atoms with E-state index in [0.29, 0.717) is 0 Å². The van der Waals surface area contributed by atoms with Gasteiger partial charge in [-0.1, -0.05) is 42.5 Å². The summed E-state index contributed by atoms with van der Waals surface area (Å²) in [7, 11) is 1.75. The second kappa shape index (κ2) is 12.2. The number of nitrogens with one attached hydrogen (secondary N) is 2. The van der Waals surface area contributed by atoms with Gasteiger partial charge in [0.2, 0.25) is 0 Å². The van der Waals surface area contributed by atoms with Gasteiger partial charge in [0, 0.05) is 45.5 Å². The number of imidazole rings is 1. The molecule has 3 aromatic rings. The van der Waals surface area contributed by atoms with Gasteiger partial charge < -0.3 is 15.2 Å².